The first-order valence-electron chi connectivity index (χ1n) is 5.87. The molecule has 0 saturated heterocycles. The van der Waals surface area contributed by atoms with Crippen LogP contribution in [0.3, 0.4) is 0 Å². The summed E-state index contributed by atoms with van der Waals surface area (Å²) < 4.78 is 69.9. The molecule has 1 aromatic carbocycles. The SMILES string of the molecule is N#Cc1cn(OS(=O)(=O)O)cc1-c1cccc2c1OC(F)(F)O2. The van der Waals surface area contributed by atoms with Gasteiger partial charge in [-0.15, -0.1) is 8.78 Å². The summed E-state index contributed by atoms with van der Waals surface area (Å²) in [5.41, 5.74) is 0.0177. The van der Waals surface area contributed by atoms with Crippen LogP contribution in [0.2, 0.25) is 0 Å². The van der Waals surface area contributed by atoms with Crippen LogP contribution in [0.4, 0.5) is 8.78 Å². The van der Waals surface area contributed by atoms with Crippen molar-refractivity contribution in [3.63, 3.8) is 0 Å². The first-order chi connectivity index (χ1) is 10.7. The van der Waals surface area contributed by atoms with Crippen molar-refractivity contribution in [2.75, 3.05) is 0 Å². The van der Waals surface area contributed by atoms with Crippen molar-refractivity contribution in [3.05, 3.63) is 36.2 Å². The molecule has 1 aliphatic rings. The number of halogens is 2. The number of ether oxygens (including phenoxy) is 2. The Balaban J connectivity index is 2.11. The summed E-state index contributed by atoms with van der Waals surface area (Å²) >= 11 is 0. The molecule has 1 aliphatic heterocycles. The molecule has 0 bridgehead atoms. The number of hydrogen-bond acceptors (Lipinski definition) is 6. The smallest absolute Gasteiger partial charge is 0.395 e. The number of aromatic nitrogens is 1. The zero-order valence-corrected chi connectivity index (χ0v) is 11.8. The van der Waals surface area contributed by atoms with Gasteiger partial charge < -0.3 is 9.47 Å². The quantitative estimate of drug-likeness (QED) is 0.842. The summed E-state index contributed by atoms with van der Waals surface area (Å²) in [6.45, 7) is 0. The van der Waals surface area contributed by atoms with Gasteiger partial charge in [0.15, 0.2) is 11.5 Å². The summed E-state index contributed by atoms with van der Waals surface area (Å²) in [6.07, 6.45) is -1.88. The Kier molecular flexibility index (Phi) is 3.17. The highest BCUT2D eigenvalue weighted by Gasteiger charge is 2.44. The van der Waals surface area contributed by atoms with E-state index in [-0.39, 0.29) is 28.2 Å². The minimum absolute atomic E-state index is 0.0503. The molecule has 0 aliphatic carbocycles. The summed E-state index contributed by atoms with van der Waals surface area (Å²) in [6, 6.07) is 5.76. The molecule has 11 heteroatoms. The van der Waals surface area contributed by atoms with Crippen LogP contribution in [-0.2, 0) is 10.4 Å². The highest BCUT2D eigenvalue weighted by molar-refractivity contribution is 7.81. The second-order valence-electron chi connectivity index (χ2n) is 4.36. The molecular formula is C12H6F2N2O6S. The lowest BCUT2D eigenvalue weighted by Gasteiger charge is -2.06. The predicted molar refractivity (Wildman–Crippen MR) is 68.9 cm³/mol. The van der Waals surface area contributed by atoms with Crippen LogP contribution in [0.5, 0.6) is 11.5 Å². The van der Waals surface area contributed by atoms with E-state index in [0.29, 0.717) is 4.73 Å². The Morgan fingerprint density at radius 2 is 2.00 bits per heavy atom. The number of benzene rings is 1. The van der Waals surface area contributed by atoms with Crippen molar-refractivity contribution >= 4 is 10.4 Å². The third-order valence-electron chi connectivity index (χ3n) is 2.82. The molecule has 120 valence electrons. The molecule has 1 N–H and O–H groups in total. The molecule has 0 radical (unpaired) electrons. The van der Waals surface area contributed by atoms with Gasteiger partial charge in [-0.3, -0.25) is 8.84 Å². The molecular weight excluding hydrogens is 338 g/mol. The van der Waals surface area contributed by atoms with E-state index >= 15 is 0 Å². The van der Waals surface area contributed by atoms with Crippen molar-refractivity contribution in [2.45, 2.75) is 6.29 Å². The summed E-state index contributed by atoms with van der Waals surface area (Å²) in [4.78, 5) is 0. The molecule has 3 rings (SSSR count). The van der Waals surface area contributed by atoms with E-state index in [1.54, 1.807) is 6.07 Å². The van der Waals surface area contributed by atoms with Crippen LogP contribution in [0.25, 0.3) is 11.1 Å². The molecule has 0 atom stereocenters. The first-order valence-corrected chi connectivity index (χ1v) is 7.24. The van der Waals surface area contributed by atoms with Gasteiger partial charge in [0.1, 0.15) is 6.07 Å². The molecule has 1 aromatic heterocycles. The second kappa shape index (κ2) is 4.83. The Morgan fingerprint density at radius 1 is 1.26 bits per heavy atom. The largest absolute Gasteiger partial charge is 0.586 e. The highest BCUT2D eigenvalue weighted by Crippen LogP contribution is 2.47. The molecule has 0 spiro atoms. The Labute approximate surface area is 127 Å². The van der Waals surface area contributed by atoms with Crippen molar-refractivity contribution in [1.29, 1.82) is 5.26 Å². The van der Waals surface area contributed by atoms with Gasteiger partial charge in [0.2, 0.25) is 0 Å². The number of alkyl halides is 2. The van der Waals surface area contributed by atoms with Gasteiger partial charge in [0.05, 0.1) is 18.0 Å². The number of fused-ring (bicyclic) bond motifs is 1. The van der Waals surface area contributed by atoms with Crippen molar-refractivity contribution in [3.8, 4) is 28.7 Å². The molecule has 0 fully saturated rings. The van der Waals surface area contributed by atoms with Crippen molar-refractivity contribution in [2.24, 2.45) is 0 Å². The van der Waals surface area contributed by atoms with Crippen LogP contribution in [0.15, 0.2) is 30.6 Å². The average molecular weight is 344 g/mol. The average Bonchev–Trinajstić information content (AvgIpc) is 2.94. The number of nitriles is 1. The van der Waals surface area contributed by atoms with Crippen LogP contribution in [-0.4, -0.2) is 24.0 Å². The maximum atomic E-state index is 13.2. The van der Waals surface area contributed by atoms with Gasteiger partial charge >= 0.3 is 16.7 Å². The van der Waals surface area contributed by atoms with Gasteiger partial charge in [0, 0.05) is 11.1 Å². The zero-order chi connectivity index (χ0) is 16.8. The first kappa shape index (κ1) is 15.1. The summed E-state index contributed by atoms with van der Waals surface area (Å²) in [5, 5.41) is 9.09. The number of nitrogens with zero attached hydrogens (tertiary/aromatic N) is 2. The predicted octanol–water partition coefficient (Wildman–Crippen LogP) is 1.58. The molecule has 2 aromatic rings. The number of para-hydroxylation sites is 1. The number of hydrogen-bond donors (Lipinski definition) is 1. The van der Waals surface area contributed by atoms with Crippen LogP contribution >= 0.6 is 0 Å². The normalized spacial score (nSPS) is 15.2. The Morgan fingerprint density at radius 3 is 2.65 bits per heavy atom. The fraction of sp³-hybridized carbons (Fsp3) is 0.0833. The van der Waals surface area contributed by atoms with E-state index in [0.717, 1.165) is 12.4 Å². The van der Waals surface area contributed by atoms with Gasteiger partial charge in [-0.25, -0.2) is 0 Å². The lowest BCUT2D eigenvalue weighted by atomic mass is 10.0. The molecule has 23 heavy (non-hydrogen) atoms. The van der Waals surface area contributed by atoms with E-state index < -0.39 is 16.7 Å². The van der Waals surface area contributed by atoms with E-state index in [9.17, 15) is 17.2 Å². The van der Waals surface area contributed by atoms with Gasteiger partial charge in [-0.05, 0) is 6.07 Å². The van der Waals surface area contributed by atoms with Crippen LogP contribution in [0.1, 0.15) is 5.56 Å². The molecule has 2 heterocycles. The third-order valence-corrected chi connectivity index (χ3v) is 3.18. The van der Waals surface area contributed by atoms with E-state index in [1.165, 1.54) is 18.2 Å². The molecule has 0 amide bonds. The minimum Gasteiger partial charge on any atom is -0.395 e. The summed E-state index contributed by atoms with van der Waals surface area (Å²) in [5.74, 6) is -0.543. The lowest BCUT2D eigenvalue weighted by Crippen LogP contribution is -2.26. The van der Waals surface area contributed by atoms with Gasteiger partial charge in [0.25, 0.3) is 0 Å². The van der Waals surface area contributed by atoms with Crippen molar-refractivity contribution in [1.82, 2.24) is 4.73 Å². The Hall–Kier alpha value is -2.84. The standard InChI is InChI=1S/C12H6F2N2O6S/c13-12(14)20-10-3-1-2-8(11(10)21-12)9-6-16(5-7(9)4-15)22-23(17,18)19/h1-3,5-6H,(H,17,18,19). The second-order valence-corrected chi connectivity index (χ2v) is 5.36. The highest BCUT2D eigenvalue weighted by atomic mass is 32.3. The third kappa shape index (κ3) is 2.89. The molecule has 8 nitrogen and oxygen atoms in total. The minimum atomic E-state index is -4.82. The monoisotopic (exact) mass is 344 g/mol. The van der Waals surface area contributed by atoms with Crippen molar-refractivity contribution < 1.29 is 35.5 Å². The lowest BCUT2D eigenvalue weighted by molar-refractivity contribution is -0.286. The Bertz CT molecular complexity index is 932. The maximum absolute atomic E-state index is 13.2. The van der Waals surface area contributed by atoms with E-state index in [2.05, 4.69) is 13.8 Å². The van der Waals surface area contributed by atoms with Crippen LogP contribution < -0.4 is 13.8 Å². The van der Waals surface area contributed by atoms with E-state index in [4.69, 9.17) is 9.81 Å². The van der Waals surface area contributed by atoms with Crippen LogP contribution in [0, 0.1) is 11.3 Å². The summed E-state index contributed by atoms with van der Waals surface area (Å²) in [7, 11) is -4.82. The van der Waals surface area contributed by atoms with Gasteiger partial charge in [-0.2, -0.15) is 18.4 Å². The molecule has 0 saturated carbocycles. The fourth-order valence-corrected chi connectivity index (χ4v) is 2.37. The maximum Gasteiger partial charge on any atom is 0.586 e. The van der Waals surface area contributed by atoms with Gasteiger partial charge in [-0.1, -0.05) is 12.1 Å². The number of rotatable bonds is 3. The fourth-order valence-electron chi connectivity index (χ4n) is 2.07. The molecule has 0 unspecified atom stereocenters. The zero-order valence-electron chi connectivity index (χ0n) is 10.9. The van der Waals surface area contributed by atoms with E-state index in [1.807, 2.05) is 0 Å². The topological polar surface area (TPSA) is 111 Å².